The molecule has 0 saturated carbocycles. The van der Waals surface area contributed by atoms with Gasteiger partial charge in [0.1, 0.15) is 0 Å². The first-order valence-corrected chi connectivity index (χ1v) is 4.43. The summed E-state index contributed by atoms with van der Waals surface area (Å²) in [6.07, 6.45) is 10.1. The van der Waals surface area contributed by atoms with Crippen LogP contribution in [0.4, 0.5) is 0 Å². The highest BCUT2D eigenvalue weighted by Crippen LogP contribution is 2.34. The highest BCUT2D eigenvalue weighted by atomic mass is 14.3. The van der Waals surface area contributed by atoms with E-state index in [-0.39, 0.29) is 5.41 Å². The fourth-order valence-corrected chi connectivity index (χ4v) is 1.44. The van der Waals surface area contributed by atoms with Gasteiger partial charge < -0.3 is 0 Å². The van der Waals surface area contributed by atoms with Crippen molar-refractivity contribution < 1.29 is 0 Å². The zero-order chi connectivity index (χ0) is 8.32. The Morgan fingerprint density at radius 1 is 1.55 bits per heavy atom. The Bertz CT molecular complexity index is 186. The molecule has 61 valence electrons. The summed E-state index contributed by atoms with van der Waals surface area (Å²) in [5, 5.41) is 0. The Morgan fingerprint density at radius 2 is 2.27 bits per heavy atom. The summed E-state index contributed by atoms with van der Waals surface area (Å²) in [7, 11) is 0. The Morgan fingerprint density at radius 3 is 2.82 bits per heavy atom. The molecule has 0 saturated heterocycles. The predicted octanol–water partition coefficient (Wildman–Crippen LogP) is 3.51. The van der Waals surface area contributed by atoms with E-state index in [1.807, 2.05) is 0 Å². The highest BCUT2D eigenvalue weighted by molar-refractivity contribution is 5.24. The van der Waals surface area contributed by atoms with Crippen molar-refractivity contribution in [3.05, 3.63) is 30.7 Å². The van der Waals surface area contributed by atoms with Crippen LogP contribution in [0.25, 0.3) is 0 Å². The second kappa shape index (κ2) is 3.25. The number of rotatable bonds is 2. The first-order valence-electron chi connectivity index (χ1n) is 4.43. The molecule has 0 aromatic rings. The molecule has 0 fully saturated rings. The van der Waals surface area contributed by atoms with Crippen LogP contribution in [-0.4, -0.2) is 0 Å². The molecule has 1 aliphatic carbocycles. The zero-order valence-electron chi connectivity index (χ0n) is 7.56. The van der Waals surface area contributed by atoms with Crippen LogP contribution < -0.4 is 0 Å². The largest absolute Gasteiger partial charge is 0.0780 e. The molecule has 1 radical (unpaired) electrons. The average molecular weight is 149 g/mol. The van der Waals surface area contributed by atoms with Gasteiger partial charge in [-0.1, -0.05) is 37.6 Å². The topological polar surface area (TPSA) is 0 Å². The summed E-state index contributed by atoms with van der Waals surface area (Å²) < 4.78 is 0. The van der Waals surface area contributed by atoms with Crippen LogP contribution in [0.5, 0.6) is 0 Å². The van der Waals surface area contributed by atoms with Crippen molar-refractivity contribution in [3.63, 3.8) is 0 Å². The molecule has 0 aromatic carbocycles. The molecular formula is C11H17. The lowest BCUT2D eigenvalue weighted by molar-refractivity contribution is 0.453. The molecule has 0 N–H and O–H groups in total. The summed E-state index contributed by atoms with van der Waals surface area (Å²) in [5.74, 6) is 0. The summed E-state index contributed by atoms with van der Waals surface area (Å²) in [6.45, 7) is 8.63. The van der Waals surface area contributed by atoms with Crippen molar-refractivity contribution in [1.29, 1.82) is 0 Å². The molecule has 1 rings (SSSR count). The lowest BCUT2D eigenvalue weighted by Crippen LogP contribution is -2.15. The molecule has 0 nitrogen and oxygen atoms in total. The van der Waals surface area contributed by atoms with E-state index in [0.29, 0.717) is 0 Å². The van der Waals surface area contributed by atoms with Crippen LogP contribution in [0.15, 0.2) is 23.8 Å². The van der Waals surface area contributed by atoms with Gasteiger partial charge in [-0.05, 0) is 31.6 Å². The van der Waals surface area contributed by atoms with Crippen molar-refractivity contribution in [2.45, 2.75) is 33.1 Å². The summed E-state index contributed by atoms with van der Waals surface area (Å²) in [6, 6.07) is 0. The van der Waals surface area contributed by atoms with Gasteiger partial charge in [-0.2, -0.15) is 0 Å². The van der Waals surface area contributed by atoms with Crippen LogP contribution in [-0.2, 0) is 0 Å². The molecular weight excluding hydrogens is 132 g/mol. The normalized spacial score (nSPS) is 30.3. The zero-order valence-corrected chi connectivity index (χ0v) is 7.56. The van der Waals surface area contributed by atoms with Gasteiger partial charge in [-0.25, -0.2) is 0 Å². The minimum absolute atomic E-state index is 0.195. The smallest absolute Gasteiger partial charge is 0.00802 e. The van der Waals surface area contributed by atoms with Crippen LogP contribution in [0.3, 0.4) is 0 Å². The standard InChI is InChI=1S/C11H17/c1-4-10-7-6-8-11(3,5-2)9-10/h6-8H,3-5,9H2,1-2H3. The van der Waals surface area contributed by atoms with E-state index in [1.54, 1.807) is 0 Å². The average Bonchev–Trinajstić information content (AvgIpc) is 2.05. The number of allylic oxidation sites excluding steroid dienone is 4. The Kier molecular flexibility index (Phi) is 2.53. The van der Waals surface area contributed by atoms with Crippen LogP contribution in [0.1, 0.15) is 33.1 Å². The summed E-state index contributed by atoms with van der Waals surface area (Å²) >= 11 is 0. The molecule has 0 heterocycles. The first-order chi connectivity index (χ1) is 5.20. The van der Waals surface area contributed by atoms with Gasteiger partial charge in [0.25, 0.3) is 0 Å². The van der Waals surface area contributed by atoms with Gasteiger partial charge in [-0.3, -0.25) is 0 Å². The maximum atomic E-state index is 4.22. The third-order valence-electron chi connectivity index (χ3n) is 2.52. The minimum atomic E-state index is 0.195. The molecule has 0 aromatic heterocycles. The fourth-order valence-electron chi connectivity index (χ4n) is 1.44. The Balaban J connectivity index is 2.68. The second-order valence-electron chi connectivity index (χ2n) is 3.43. The van der Waals surface area contributed by atoms with Crippen molar-refractivity contribution in [2.75, 3.05) is 0 Å². The molecule has 1 unspecified atom stereocenters. The van der Waals surface area contributed by atoms with Gasteiger partial charge in [0.2, 0.25) is 0 Å². The van der Waals surface area contributed by atoms with E-state index in [1.165, 1.54) is 12.0 Å². The molecule has 11 heavy (non-hydrogen) atoms. The molecule has 0 aliphatic heterocycles. The maximum Gasteiger partial charge on any atom is -0.00802 e. The molecule has 0 amide bonds. The first kappa shape index (κ1) is 8.58. The van der Waals surface area contributed by atoms with Crippen molar-refractivity contribution in [1.82, 2.24) is 0 Å². The van der Waals surface area contributed by atoms with Crippen molar-refractivity contribution in [2.24, 2.45) is 5.41 Å². The van der Waals surface area contributed by atoms with E-state index in [2.05, 4.69) is 39.0 Å². The Labute approximate surface area is 70.0 Å². The highest BCUT2D eigenvalue weighted by Gasteiger charge is 2.21. The molecule has 0 heteroatoms. The number of hydrogen-bond acceptors (Lipinski definition) is 0. The SMILES string of the molecule is [CH2]C1(CC)C=CC=C(CC)C1. The maximum absolute atomic E-state index is 4.22. The number of hydrogen-bond donors (Lipinski definition) is 0. The third kappa shape index (κ3) is 1.95. The van der Waals surface area contributed by atoms with E-state index in [9.17, 15) is 0 Å². The quantitative estimate of drug-likeness (QED) is 0.563. The van der Waals surface area contributed by atoms with Crippen molar-refractivity contribution >= 4 is 0 Å². The van der Waals surface area contributed by atoms with E-state index in [4.69, 9.17) is 0 Å². The molecule has 0 bridgehead atoms. The fraction of sp³-hybridized carbons (Fsp3) is 0.545. The van der Waals surface area contributed by atoms with Crippen LogP contribution >= 0.6 is 0 Å². The van der Waals surface area contributed by atoms with Gasteiger partial charge in [0, 0.05) is 0 Å². The third-order valence-corrected chi connectivity index (χ3v) is 2.52. The van der Waals surface area contributed by atoms with Crippen LogP contribution in [0.2, 0.25) is 0 Å². The van der Waals surface area contributed by atoms with Gasteiger partial charge >= 0.3 is 0 Å². The van der Waals surface area contributed by atoms with Crippen molar-refractivity contribution in [3.8, 4) is 0 Å². The van der Waals surface area contributed by atoms with Gasteiger partial charge in [-0.15, -0.1) is 0 Å². The Hall–Kier alpha value is -0.520. The molecule has 1 atom stereocenters. The van der Waals surface area contributed by atoms with E-state index < -0.39 is 0 Å². The van der Waals surface area contributed by atoms with Gasteiger partial charge in [0.05, 0.1) is 0 Å². The summed E-state index contributed by atoms with van der Waals surface area (Å²) in [4.78, 5) is 0. The van der Waals surface area contributed by atoms with E-state index >= 15 is 0 Å². The molecule has 1 aliphatic rings. The second-order valence-corrected chi connectivity index (χ2v) is 3.43. The summed E-state index contributed by atoms with van der Waals surface area (Å²) in [5.41, 5.74) is 1.73. The predicted molar refractivity (Wildman–Crippen MR) is 50.2 cm³/mol. The van der Waals surface area contributed by atoms with Gasteiger partial charge in [0.15, 0.2) is 0 Å². The molecule has 0 spiro atoms. The lowest BCUT2D eigenvalue weighted by Gasteiger charge is -2.27. The minimum Gasteiger partial charge on any atom is -0.0780 e. The monoisotopic (exact) mass is 149 g/mol. The van der Waals surface area contributed by atoms with Crippen LogP contribution in [0, 0.1) is 12.3 Å². The van der Waals surface area contributed by atoms with E-state index in [0.717, 1.165) is 12.8 Å². The lowest BCUT2D eigenvalue weighted by atomic mass is 9.77.